The molecular formula is C13H8ClFN2OS. The zero-order valence-electron chi connectivity index (χ0n) is 9.85. The number of thiophene rings is 1. The third-order valence-corrected chi connectivity index (χ3v) is 3.58. The van der Waals surface area contributed by atoms with E-state index in [4.69, 9.17) is 16.3 Å². The van der Waals surface area contributed by atoms with Gasteiger partial charge in [-0.05, 0) is 53.7 Å². The molecule has 0 N–H and O–H groups in total. The van der Waals surface area contributed by atoms with E-state index in [1.807, 2.05) is 11.4 Å². The molecule has 0 aliphatic carbocycles. The Labute approximate surface area is 117 Å². The van der Waals surface area contributed by atoms with Crippen molar-refractivity contribution in [2.45, 2.75) is 6.92 Å². The molecule has 2 aromatic heterocycles. The van der Waals surface area contributed by atoms with Crippen molar-refractivity contribution in [1.29, 1.82) is 0 Å². The Morgan fingerprint density at radius 3 is 2.89 bits per heavy atom. The first-order valence-electron chi connectivity index (χ1n) is 5.48. The Balaban J connectivity index is 2.07. The molecule has 0 bridgehead atoms. The number of rotatable bonds is 2. The SMILES string of the molecule is Cc1cc(F)ccc1Oc1nc(Cl)nc2sccc12. The maximum absolute atomic E-state index is 13.1. The Morgan fingerprint density at radius 2 is 2.11 bits per heavy atom. The number of nitrogens with zero attached hydrogens (tertiary/aromatic N) is 2. The second-order valence-corrected chi connectivity index (χ2v) is 5.18. The van der Waals surface area contributed by atoms with Crippen LogP contribution in [0.15, 0.2) is 29.6 Å². The number of hydrogen-bond donors (Lipinski definition) is 0. The maximum Gasteiger partial charge on any atom is 0.232 e. The van der Waals surface area contributed by atoms with Crippen LogP contribution >= 0.6 is 22.9 Å². The fourth-order valence-corrected chi connectivity index (χ4v) is 2.68. The molecule has 0 saturated heterocycles. The average molecular weight is 295 g/mol. The minimum Gasteiger partial charge on any atom is -0.438 e. The highest BCUT2D eigenvalue weighted by atomic mass is 35.5. The molecule has 0 spiro atoms. The number of ether oxygens (including phenoxy) is 1. The lowest BCUT2D eigenvalue weighted by Crippen LogP contribution is -1.93. The van der Waals surface area contributed by atoms with E-state index < -0.39 is 0 Å². The predicted molar refractivity (Wildman–Crippen MR) is 73.6 cm³/mol. The van der Waals surface area contributed by atoms with Gasteiger partial charge in [0.15, 0.2) is 0 Å². The van der Waals surface area contributed by atoms with Gasteiger partial charge in [-0.1, -0.05) is 0 Å². The summed E-state index contributed by atoms with van der Waals surface area (Å²) in [5, 5.41) is 2.81. The van der Waals surface area contributed by atoms with Gasteiger partial charge in [-0.3, -0.25) is 0 Å². The molecule has 96 valence electrons. The second-order valence-electron chi connectivity index (χ2n) is 3.95. The molecule has 0 aliphatic rings. The van der Waals surface area contributed by atoms with Gasteiger partial charge in [0, 0.05) is 0 Å². The fraction of sp³-hybridized carbons (Fsp3) is 0.0769. The Kier molecular flexibility index (Phi) is 3.08. The average Bonchev–Trinajstić information content (AvgIpc) is 2.80. The summed E-state index contributed by atoms with van der Waals surface area (Å²) in [5.41, 5.74) is 0.693. The number of aromatic nitrogens is 2. The summed E-state index contributed by atoms with van der Waals surface area (Å²) < 4.78 is 18.8. The van der Waals surface area contributed by atoms with Gasteiger partial charge in [0.2, 0.25) is 11.2 Å². The van der Waals surface area contributed by atoms with Gasteiger partial charge in [0.25, 0.3) is 0 Å². The summed E-state index contributed by atoms with van der Waals surface area (Å²) in [7, 11) is 0. The van der Waals surface area contributed by atoms with Gasteiger partial charge in [-0.25, -0.2) is 9.37 Å². The fourth-order valence-electron chi connectivity index (χ4n) is 1.71. The summed E-state index contributed by atoms with van der Waals surface area (Å²) in [6, 6.07) is 6.18. The summed E-state index contributed by atoms with van der Waals surface area (Å²) in [6.45, 7) is 1.77. The van der Waals surface area contributed by atoms with Crippen molar-refractivity contribution in [3.8, 4) is 11.6 Å². The highest BCUT2D eigenvalue weighted by Crippen LogP contribution is 2.32. The van der Waals surface area contributed by atoms with E-state index >= 15 is 0 Å². The lowest BCUT2D eigenvalue weighted by atomic mass is 10.2. The van der Waals surface area contributed by atoms with Gasteiger partial charge in [-0.15, -0.1) is 11.3 Å². The van der Waals surface area contributed by atoms with Crippen molar-refractivity contribution >= 4 is 33.2 Å². The first kappa shape index (κ1) is 12.3. The number of aryl methyl sites for hydroxylation is 1. The third kappa shape index (κ3) is 2.39. The molecule has 0 unspecified atom stereocenters. The largest absolute Gasteiger partial charge is 0.438 e. The van der Waals surface area contributed by atoms with Gasteiger partial charge in [0.05, 0.1) is 5.39 Å². The van der Waals surface area contributed by atoms with Crippen molar-refractivity contribution in [3.63, 3.8) is 0 Å². The molecule has 0 amide bonds. The van der Waals surface area contributed by atoms with E-state index in [-0.39, 0.29) is 11.1 Å². The molecule has 2 heterocycles. The quantitative estimate of drug-likeness (QED) is 0.649. The lowest BCUT2D eigenvalue weighted by Gasteiger charge is -2.08. The van der Waals surface area contributed by atoms with Crippen LogP contribution in [0.1, 0.15) is 5.56 Å². The molecule has 0 atom stereocenters. The van der Waals surface area contributed by atoms with Gasteiger partial charge in [-0.2, -0.15) is 4.98 Å². The molecule has 19 heavy (non-hydrogen) atoms. The molecule has 0 fully saturated rings. The van der Waals surface area contributed by atoms with Crippen LogP contribution in [0, 0.1) is 12.7 Å². The van der Waals surface area contributed by atoms with E-state index in [0.717, 1.165) is 10.2 Å². The molecule has 6 heteroatoms. The Hall–Kier alpha value is -1.72. The van der Waals surface area contributed by atoms with E-state index in [1.165, 1.54) is 23.5 Å². The minimum absolute atomic E-state index is 0.129. The van der Waals surface area contributed by atoms with Crippen molar-refractivity contribution in [3.05, 3.63) is 46.3 Å². The van der Waals surface area contributed by atoms with E-state index in [1.54, 1.807) is 13.0 Å². The van der Waals surface area contributed by atoms with Crippen LogP contribution < -0.4 is 4.74 Å². The van der Waals surface area contributed by atoms with E-state index in [2.05, 4.69) is 9.97 Å². The molecular weight excluding hydrogens is 287 g/mol. The minimum atomic E-state index is -0.300. The van der Waals surface area contributed by atoms with Gasteiger partial charge in [0.1, 0.15) is 16.4 Å². The number of fused-ring (bicyclic) bond motifs is 1. The van der Waals surface area contributed by atoms with Crippen LogP contribution in [0.5, 0.6) is 11.6 Å². The van der Waals surface area contributed by atoms with Crippen molar-refractivity contribution in [2.24, 2.45) is 0 Å². The summed E-state index contributed by atoms with van der Waals surface area (Å²) in [5.74, 6) is 0.626. The zero-order chi connectivity index (χ0) is 13.4. The first-order chi connectivity index (χ1) is 9.13. The lowest BCUT2D eigenvalue weighted by molar-refractivity contribution is 0.463. The van der Waals surface area contributed by atoms with Crippen LogP contribution in [-0.4, -0.2) is 9.97 Å². The second kappa shape index (κ2) is 4.75. The Morgan fingerprint density at radius 1 is 1.26 bits per heavy atom. The number of halogens is 2. The molecule has 0 aliphatic heterocycles. The molecule has 0 saturated carbocycles. The van der Waals surface area contributed by atoms with Gasteiger partial charge >= 0.3 is 0 Å². The summed E-state index contributed by atoms with van der Waals surface area (Å²) in [6.07, 6.45) is 0. The molecule has 3 aromatic rings. The van der Waals surface area contributed by atoms with Gasteiger partial charge < -0.3 is 4.74 Å². The predicted octanol–water partition coefficient (Wildman–Crippen LogP) is 4.58. The zero-order valence-corrected chi connectivity index (χ0v) is 11.4. The monoisotopic (exact) mass is 294 g/mol. The normalized spacial score (nSPS) is 10.9. The van der Waals surface area contributed by atoms with Crippen molar-refractivity contribution in [1.82, 2.24) is 9.97 Å². The standard InChI is InChI=1S/C13H8ClFN2OS/c1-7-6-8(15)2-3-10(7)18-11-9-4-5-19-12(9)17-13(14)16-11/h2-6H,1H3. The number of benzene rings is 1. The molecule has 0 radical (unpaired) electrons. The maximum atomic E-state index is 13.1. The topological polar surface area (TPSA) is 35.0 Å². The van der Waals surface area contributed by atoms with Crippen molar-refractivity contribution in [2.75, 3.05) is 0 Å². The first-order valence-corrected chi connectivity index (χ1v) is 6.74. The highest BCUT2D eigenvalue weighted by Gasteiger charge is 2.11. The van der Waals surface area contributed by atoms with E-state index in [9.17, 15) is 4.39 Å². The van der Waals surface area contributed by atoms with E-state index in [0.29, 0.717) is 17.2 Å². The smallest absolute Gasteiger partial charge is 0.232 e. The highest BCUT2D eigenvalue weighted by molar-refractivity contribution is 7.16. The molecule has 3 rings (SSSR count). The van der Waals surface area contributed by atoms with Crippen LogP contribution in [0.2, 0.25) is 5.28 Å². The third-order valence-electron chi connectivity index (χ3n) is 2.61. The van der Waals surface area contributed by atoms with Crippen LogP contribution in [0.3, 0.4) is 0 Å². The van der Waals surface area contributed by atoms with Crippen LogP contribution in [0.25, 0.3) is 10.2 Å². The van der Waals surface area contributed by atoms with Crippen molar-refractivity contribution < 1.29 is 9.13 Å². The Bertz CT molecular complexity index is 759. The summed E-state index contributed by atoms with van der Waals surface area (Å²) in [4.78, 5) is 8.94. The molecule has 1 aromatic carbocycles. The number of hydrogen-bond acceptors (Lipinski definition) is 4. The molecule has 3 nitrogen and oxygen atoms in total. The van der Waals surface area contributed by atoms with Crippen LogP contribution in [0.4, 0.5) is 4.39 Å². The summed E-state index contributed by atoms with van der Waals surface area (Å²) >= 11 is 7.31. The van der Waals surface area contributed by atoms with Crippen LogP contribution in [-0.2, 0) is 0 Å².